The summed E-state index contributed by atoms with van der Waals surface area (Å²) in [5.74, 6) is -0.127. The van der Waals surface area contributed by atoms with Gasteiger partial charge in [-0.15, -0.1) is 10.2 Å². The zero-order valence-corrected chi connectivity index (χ0v) is 18.2. The fraction of sp³-hybridized carbons (Fsp3) is 0.500. The third-order valence-electron chi connectivity index (χ3n) is 4.87. The van der Waals surface area contributed by atoms with Gasteiger partial charge in [0.15, 0.2) is 0 Å². The van der Waals surface area contributed by atoms with Crippen molar-refractivity contribution < 1.29 is 13.2 Å². The summed E-state index contributed by atoms with van der Waals surface area (Å²) < 4.78 is 27.0. The third-order valence-corrected chi connectivity index (χ3v) is 8.25. The van der Waals surface area contributed by atoms with Gasteiger partial charge in [-0.25, -0.2) is 8.42 Å². The predicted octanol–water partition coefficient (Wildman–Crippen LogP) is 4.13. The predicted molar refractivity (Wildman–Crippen MR) is 111 cm³/mol. The molecule has 0 aliphatic carbocycles. The Hall–Kier alpha value is -1.55. The zero-order chi connectivity index (χ0) is 20.3. The lowest BCUT2D eigenvalue weighted by Gasteiger charge is -2.17. The molecular formula is C18H23ClN4O3S2. The second-order valence-corrected chi connectivity index (χ2v) is 9.99. The summed E-state index contributed by atoms with van der Waals surface area (Å²) in [6, 6.07) is 4.27. The molecule has 1 aromatic carbocycles. The first kappa shape index (κ1) is 21.2. The Bertz CT molecular complexity index is 951. The smallest absolute Gasteiger partial charge is 0.257 e. The minimum absolute atomic E-state index is 0.0429. The molecule has 3 rings (SSSR count). The second-order valence-electron chi connectivity index (χ2n) is 6.67. The molecule has 0 radical (unpaired) electrons. The van der Waals surface area contributed by atoms with Gasteiger partial charge in [-0.05, 0) is 43.9 Å². The average molecular weight is 443 g/mol. The molecule has 2 heterocycles. The van der Waals surface area contributed by atoms with Crippen molar-refractivity contribution in [3.8, 4) is 0 Å². The van der Waals surface area contributed by atoms with Crippen LogP contribution in [-0.4, -0.2) is 41.9 Å². The topological polar surface area (TPSA) is 92.3 Å². The van der Waals surface area contributed by atoms with Gasteiger partial charge in [-0.3, -0.25) is 10.1 Å². The summed E-state index contributed by atoms with van der Waals surface area (Å²) in [4.78, 5) is 12.6. The molecule has 0 saturated carbocycles. The lowest BCUT2D eigenvalue weighted by molar-refractivity contribution is 0.102. The highest BCUT2D eigenvalue weighted by Crippen LogP contribution is 2.30. The lowest BCUT2D eigenvalue weighted by Crippen LogP contribution is -2.28. The van der Waals surface area contributed by atoms with Crippen LogP contribution in [0, 0.1) is 0 Å². The van der Waals surface area contributed by atoms with E-state index >= 15 is 0 Å². The van der Waals surface area contributed by atoms with Crippen LogP contribution in [0.2, 0.25) is 5.02 Å². The van der Waals surface area contributed by atoms with Gasteiger partial charge in [0.2, 0.25) is 15.2 Å². The molecule has 10 heteroatoms. The molecular weight excluding hydrogens is 420 g/mol. The van der Waals surface area contributed by atoms with E-state index in [1.54, 1.807) is 0 Å². The average Bonchev–Trinajstić information content (AvgIpc) is 3.35. The highest BCUT2D eigenvalue weighted by molar-refractivity contribution is 7.89. The van der Waals surface area contributed by atoms with E-state index in [1.165, 1.54) is 33.8 Å². The van der Waals surface area contributed by atoms with Crippen LogP contribution in [-0.2, 0) is 10.0 Å². The molecule has 0 spiro atoms. The maximum atomic E-state index is 12.8. The molecule has 152 valence electrons. The number of nitrogens with one attached hydrogen (secondary N) is 1. The van der Waals surface area contributed by atoms with Gasteiger partial charge >= 0.3 is 0 Å². The zero-order valence-electron chi connectivity index (χ0n) is 15.8. The number of benzene rings is 1. The first-order chi connectivity index (χ1) is 13.4. The van der Waals surface area contributed by atoms with Crippen molar-refractivity contribution in [2.75, 3.05) is 18.4 Å². The van der Waals surface area contributed by atoms with E-state index in [9.17, 15) is 13.2 Å². The normalized spacial score (nSPS) is 15.3. The molecule has 28 heavy (non-hydrogen) atoms. The standard InChI is InChI=1S/C18H23ClN4O3S2/c1-3-12(4-2)17-21-22-18(27-17)20-16(24)13-7-8-14(19)15(11-13)28(25,26)23-9-5-6-10-23/h7-8,11-12H,3-6,9-10H2,1-2H3,(H,20,22,24). The van der Waals surface area contributed by atoms with Crippen LogP contribution in [0.3, 0.4) is 0 Å². The summed E-state index contributed by atoms with van der Waals surface area (Å²) in [7, 11) is -3.72. The van der Waals surface area contributed by atoms with Crippen LogP contribution in [0.4, 0.5) is 5.13 Å². The first-order valence-corrected chi connectivity index (χ1v) is 11.9. The number of carbonyl (C=O) groups is 1. The van der Waals surface area contributed by atoms with Gasteiger partial charge in [0.1, 0.15) is 9.90 Å². The highest BCUT2D eigenvalue weighted by Gasteiger charge is 2.30. The molecule has 1 aliphatic heterocycles. The maximum Gasteiger partial charge on any atom is 0.257 e. The van der Waals surface area contributed by atoms with Gasteiger partial charge in [0.25, 0.3) is 5.91 Å². The quantitative estimate of drug-likeness (QED) is 0.695. The summed E-state index contributed by atoms with van der Waals surface area (Å²) >= 11 is 7.48. The molecule has 0 atom stereocenters. The Kier molecular flexibility index (Phi) is 6.69. The molecule has 7 nitrogen and oxygen atoms in total. The van der Waals surface area contributed by atoms with Crippen molar-refractivity contribution in [3.63, 3.8) is 0 Å². The number of rotatable bonds is 7. The molecule has 1 aliphatic rings. The van der Waals surface area contributed by atoms with Crippen LogP contribution >= 0.6 is 22.9 Å². The number of halogens is 1. The Labute approximate surface area is 174 Å². The molecule has 2 aromatic rings. The Morgan fingerprint density at radius 3 is 2.57 bits per heavy atom. The monoisotopic (exact) mass is 442 g/mol. The van der Waals surface area contributed by atoms with Crippen molar-refractivity contribution in [1.29, 1.82) is 0 Å². The van der Waals surface area contributed by atoms with Gasteiger partial charge in [0.05, 0.1) is 5.02 Å². The fourth-order valence-electron chi connectivity index (χ4n) is 3.17. The van der Waals surface area contributed by atoms with Crippen LogP contribution in [0.1, 0.15) is 60.8 Å². The number of carbonyl (C=O) groups excluding carboxylic acids is 1. The van der Waals surface area contributed by atoms with Gasteiger partial charge in [0, 0.05) is 24.6 Å². The molecule has 1 fully saturated rings. The minimum atomic E-state index is -3.72. The maximum absolute atomic E-state index is 12.8. The van der Waals surface area contributed by atoms with Crippen molar-refractivity contribution in [2.45, 2.75) is 50.3 Å². The number of aromatic nitrogens is 2. The number of nitrogens with zero attached hydrogens (tertiary/aromatic N) is 3. The SMILES string of the molecule is CCC(CC)c1nnc(NC(=O)c2ccc(Cl)c(S(=O)(=O)N3CCCC3)c2)s1. The molecule has 0 unspecified atom stereocenters. The molecule has 1 aromatic heterocycles. The second kappa shape index (κ2) is 8.86. The van der Waals surface area contributed by atoms with Crippen LogP contribution in [0.5, 0.6) is 0 Å². The summed E-state index contributed by atoms with van der Waals surface area (Å²) in [6.07, 6.45) is 3.56. The number of sulfonamides is 1. The van der Waals surface area contributed by atoms with Gasteiger partial charge in [-0.1, -0.05) is 36.8 Å². The van der Waals surface area contributed by atoms with E-state index in [-0.39, 0.29) is 15.5 Å². The van der Waals surface area contributed by atoms with E-state index in [4.69, 9.17) is 11.6 Å². The highest BCUT2D eigenvalue weighted by atomic mass is 35.5. The Morgan fingerprint density at radius 2 is 1.93 bits per heavy atom. The van der Waals surface area contributed by atoms with Crippen molar-refractivity contribution >= 4 is 44.0 Å². The minimum Gasteiger partial charge on any atom is -0.296 e. The molecule has 1 amide bonds. The number of amides is 1. The van der Waals surface area contributed by atoms with Crippen molar-refractivity contribution in [3.05, 3.63) is 33.8 Å². The lowest BCUT2D eigenvalue weighted by atomic mass is 10.1. The van der Waals surface area contributed by atoms with E-state index in [2.05, 4.69) is 29.4 Å². The van der Waals surface area contributed by atoms with Crippen molar-refractivity contribution in [1.82, 2.24) is 14.5 Å². The number of hydrogen-bond donors (Lipinski definition) is 1. The van der Waals surface area contributed by atoms with E-state index < -0.39 is 15.9 Å². The van der Waals surface area contributed by atoms with Gasteiger partial charge in [-0.2, -0.15) is 4.31 Å². The van der Waals surface area contributed by atoms with Crippen LogP contribution in [0.15, 0.2) is 23.1 Å². The largest absolute Gasteiger partial charge is 0.296 e. The summed E-state index contributed by atoms with van der Waals surface area (Å²) in [6.45, 7) is 5.12. The number of hydrogen-bond acceptors (Lipinski definition) is 6. The van der Waals surface area contributed by atoms with E-state index in [1.807, 2.05) is 0 Å². The number of anilines is 1. The summed E-state index contributed by atoms with van der Waals surface area (Å²) in [5.41, 5.74) is 0.210. The Morgan fingerprint density at radius 1 is 1.25 bits per heavy atom. The molecule has 0 bridgehead atoms. The summed E-state index contributed by atoms with van der Waals surface area (Å²) in [5, 5.41) is 12.3. The van der Waals surface area contributed by atoms with Crippen molar-refractivity contribution in [2.24, 2.45) is 0 Å². The third kappa shape index (κ3) is 4.37. The molecule has 1 N–H and O–H groups in total. The fourth-order valence-corrected chi connectivity index (χ4v) is 6.19. The van der Waals surface area contributed by atoms with Gasteiger partial charge < -0.3 is 0 Å². The van der Waals surface area contributed by atoms with E-state index in [0.717, 1.165) is 30.7 Å². The van der Waals surface area contributed by atoms with Crippen LogP contribution in [0.25, 0.3) is 0 Å². The van der Waals surface area contributed by atoms with E-state index in [0.29, 0.717) is 24.1 Å². The van der Waals surface area contributed by atoms with Crippen LogP contribution < -0.4 is 5.32 Å². The molecule has 1 saturated heterocycles. The Balaban J connectivity index is 1.81. The first-order valence-electron chi connectivity index (χ1n) is 9.31.